The zero-order valence-corrected chi connectivity index (χ0v) is 18.1. The zero-order valence-electron chi connectivity index (χ0n) is 18.1. The molecule has 0 saturated carbocycles. The number of methoxy groups -OCH3 is 1. The van der Waals surface area contributed by atoms with Gasteiger partial charge in [0, 0.05) is 17.5 Å². The van der Waals surface area contributed by atoms with Crippen molar-refractivity contribution in [2.45, 2.75) is 39.2 Å². The van der Waals surface area contributed by atoms with Gasteiger partial charge < -0.3 is 18.6 Å². The lowest BCUT2D eigenvalue weighted by molar-refractivity contribution is -0.117. The predicted molar refractivity (Wildman–Crippen MR) is 115 cm³/mol. The van der Waals surface area contributed by atoms with Gasteiger partial charge in [0.05, 0.1) is 25.3 Å². The van der Waals surface area contributed by atoms with E-state index in [2.05, 4.69) is 4.98 Å². The summed E-state index contributed by atoms with van der Waals surface area (Å²) < 4.78 is 46.7. The highest BCUT2D eigenvalue weighted by Crippen LogP contribution is 2.33. The van der Waals surface area contributed by atoms with Crippen LogP contribution in [0.1, 0.15) is 25.1 Å². The average Bonchev–Trinajstić information content (AvgIpc) is 3.21. The van der Waals surface area contributed by atoms with Crippen LogP contribution in [-0.4, -0.2) is 37.0 Å². The highest BCUT2D eigenvalue weighted by molar-refractivity contribution is 5.83. The Morgan fingerprint density at radius 2 is 1.84 bits per heavy atom. The van der Waals surface area contributed by atoms with E-state index in [-0.39, 0.29) is 30.5 Å². The molecule has 1 heterocycles. The van der Waals surface area contributed by atoms with Crippen molar-refractivity contribution in [2.75, 3.05) is 13.7 Å². The number of para-hydroxylation sites is 1. The van der Waals surface area contributed by atoms with Crippen molar-refractivity contribution in [1.29, 1.82) is 0 Å². The molecule has 0 saturated heterocycles. The minimum absolute atomic E-state index is 0.0376. The molecule has 1 aromatic heterocycles. The molecule has 3 rings (SSSR count). The number of carbonyl (C=O) groups excluding carboxylic acids is 1. The summed E-state index contributed by atoms with van der Waals surface area (Å²) in [6, 6.07) is 12.0. The molecule has 2 aromatic carbocycles. The van der Waals surface area contributed by atoms with Gasteiger partial charge in [-0.05, 0) is 38.1 Å². The molecule has 0 aliphatic rings. The Hall–Kier alpha value is -3.42. The van der Waals surface area contributed by atoms with Gasteiger partial charge in [0.1, 0.15) is 24.4 Å². The smallest absolute Gasteiger partial charge is 0.272 e. The van der Waals surface area contributed by atoms with E-state index >= 15 is 0 Å². The Morgan fingerprint density at radius 1 is 1.06 bits per heavy atom. The van der Waals surface area contributed by atoms with Crippen LogP contribution < -0.4 is 14.2 Å². The molecule has 8 heteroatoms. The van der Waals surface area contributed by atoms with Crippen LogP contribution in [0.5, 0.6) is 17.2 Å². The fraction of sp³-hybridized carbons (Fsp3) is 0.333. The number of ketones is 1. The van der Waals surface area contributed by atoms with Crippen molar-refractivity contribution in [3.8, 4) is 28.7 Å². The van der Waals surface area contributed by atoms with E-state index in [1.54, 1.807) is 49.6 Å². The van der Waals surface area contributed by atoms with Gasteiger partial charge >= 0.3 is 0 Å². The van der Waals surface area contributed by atoms with Crippen molar-refractivity contribution in [3.05, 3.63) is 60.0 Å². The van der Waals surface area contributed by atoms with E-state index in [1.807, 2.05) is 13.8 Å². The van der Waals surface area contributed by atoms with Crippen LogP contribution in [0.15, 0.2) is 53.1 Å². The largest absolute Gasteiger partial charge is 0.493 e. The monoisotopic (exact) mass is 445 g/mol. The molecule has 0 amide bonds. The SMILES string of the molecule is COc1ccc(-c2nc(CC(=O)Cc3ccccc3OCC(F)F)co2)cc1OC(C)C. The van der Waals surface area contributed by atoms with Crippen LogP contribution in [0.25, 0.3) is 11.5 Å². The second kappa shape index (κ2) is 10.7. The summed E-state index contributed by atoms with van der Waals surface area (Å²) in [5.41, 5.74) is 1.71. The third-order valence-electron chi connectivity index (χ3n) is 4.43. The number of hydrogen-bond acceptors (Lipinski definition) is 6. The molecule has 0 spiro atoms. The Bertz CT molecular complexity index is 1050. The number of oxazole rings is 1. The molecular weight excluding hydrogens is 420 g/mol. The van der Waals surface area contributed by atoms with E-state index in [0.717, 1.165) is 0 Å². The van der Waals surface area contributed by atoms with Crippen LogP contribution in [0.3, 0.4) is 0 Å². The topological polar surface area (TPSA) is 70.8 Å². The third-order valence-corrected chi connectivity index (χ3v) is 4.43. The molecule has 170 valence electrons. The number of ether oxygens (including phenoxy) is 3. The summed E-state index contributed by atoms with van der Waals surface area (Å²) in [6.45, 7) is 3.11. The number of nitrogens with zero attached hydrogens (tertiary/aromatic N) is 1. The summed E-state index contributed by atoms with van der Waals surface area (Å²) in [4.78, 5) is 17.0. The van der Waals surface area contributed by atoms with Gasteiger partial charge in [0.15, 0.2) is 11.5 Å². The summed E-state index contributed by atoms with van der Waals surface area (Å²) in [5, 5.41) is 0. The second-order valence-electron chi connectivity index (χ2n) is 7.38. The van der Waals surface area contributed by atoms with E-state index in [1.165, 1.54) is 6.26 Å². The lowest BCUT2D eigenvalue weighted by Gasteiger charge is -2.14. The van der Waals surface area contributed by atoms with Gasteiger partial charge in [-0.25, -0.2) is 13.8 Å². The van der Waals surface area contributed by atoms with Gasteiger partial charge in [0.2, 0.25) is 5.89 Å². The molecule has 0 N–H and O–H groups in total. The maximum Gasteiger partial charge on any atom is 0.272 e. The molecule has 0 bridgehead atoms. The first-order chi connectivity index (χ1) is 15.4. The van der Waals surface area contributed by atoms with Gasteiger partial charge in [-0.3, -0.25) is 4.79 Å². The third kappa shape index (κ3) is 6.29. The summed E-state index contributed by atoms with van der Waals surface area (Å²) >= 11 is 0. The first-order valence-electron chi connectivity index (χ1n) is 10.2. The van der Waals surface area contributed by atoms with E-state index in [0.29, 0.717) is 34.2 Å². The van der Waals surface area contributed by atoms with Crippen molar-refractivity contribution >= 4 is 5.78 Å². The molecule has 0 unspecified atom stereocenters. The van der Waals surface area contributed by atoms with Crippen LogP contribution in [0, 0.1) is 0 Å². The highest BCUT2D eigenvalue weighted by Gasteiger charge is 2.16. The second-order valence-corrected chi connectivity index (χ2v) is 7.38. The van der Waals surface area contributed by atoms with E-state index < -0.39 is 13.0 Å². The molecule has 0 atom stereocenters. The maximum absolute atomic E-state index is 12.6. The van der Waals surface area contributed by atoms with Crippen molar-refractivity contribution in [2.24, 2.45) is 0 Å². The first kappa shape index (κ1) is 23.2. The average molecular weight is 445 g/mol. The van der Waals surface area contributed by atoms with E-state index in [4.69, 9.17) is 18.6 Å². The number of alkyl halides is 2. The summed E-state index contributed by atoms with van der Waals surface area (Å²) in [6.07, 6.45) is -1.12. The minimum Gasteiger partial charge on any atom is -0.493 e. The molecule has 0 fully saturated rings. The molecule has 0 radical (unpaired) electrons. The van der Waals surface area contributed by atoms with E-state index in [9.17, 15) is 13.6 Å². The van der Waals surface area contributed by atoms with Crippen molar-refractivity contribution in [3.63, 3.8) is 0 Å². The number of aromatic nitrogens is 1. The normalized spacial score (nSPS) is 11.1. The van der Waals surface area contributed by atoms with Crippen molar-refractivity contribution < 1.29 is 32.2 Å². The number of benzene rings is 2. The molecular formula is C24H25F2NO5. The Labute approximate surface area is 185 Å². The number of halogens is 2. The lowest BCUT2D eigenvalue weighted by Crippen LogP contribution is -2.11. The van der Waals surface area contributed by atoms with Crippen LogP contribution in [-0.2, 0) is 17.6 Å². The maximum atomic E-state index is 12.6. The van der Waals surface area contributed by atoms with Crippen molar-refractivity contribution in [1.82, 2.24) is 4.98 Å². The quantitative estimate of drug-likeness (QED) is 0.407. The number of carbonyl (C=O) groups is 1. The van der Waals surface area contributed by atoms with Gasteiger partial charge in [-0.2, -0.15) is 0 Å². The molecule has 0 aliphatic carbocycles. The van der Waals surface area contributed by atoms with Gasteiger partial charge in [-0.15, -0.1) is 0 Å². The highest BCUT2D eigenvalue weighted by atomic mass is 19.3. The van der Waals surface area contributed by atoms with Gasteiger partial charge in [0.25, 0.3) is 6.43 Å². The molecule has 3 aromatic rings. The Morgan fingerprint density at radius 3 is 2.56 bits per heavy atom. The number of Topliss-reactive ketones (excluding diaryl/α,β-unsaturated/α-hetero) is 1. The lowest BCUT2D eigenvalue weighted by atomic mass is 10.1. The minimum atomic E-state index is -2.59. The Balaban J connectivity index is 1.69. The fourth-order valence-corrected chi connectivity index (χ4v) is 3.10. The van der Waals surface area contributed by atoms with Crippen LogP contribution >= 0.6 is 0 Å². The van der Waals surface area contributed by atoms with Crippen LogP contribution in [0.2, 0.25) is 0 Å². The molecule has 0 aliphatic heterocycles. The fourth-order valence-electron chi connectivity index (χ4n) is 3.10. The molecule has 6 nitrogen and oxygen atoms in total. The zero-order chi connectivity index (χ0) is 23.1. The molecule has 32 heavy (non-hydrogen) atoms. The summed E-state index contributed by atoms with van der Waals surface area (Å²) in [7, 11) is 1.56. The standard InChI is InChI=1S/C24H25F2NO5/c1-15(2)32-22-11-17(8-9-21(22)29-3)24-27-18(13-31-24)12-19(28)10-16-6-4-5-7-20(16)30-14-23(25)26/h4-9,11,13,15,23H,10,12,14H2,1-3H3. The predicted octanol–water partition coefficient (Wildman–Crippen LogP) is 5.14. The first-order valence-corrected chi connectivity index (χ1v) is 10.2. The Kier molecular flexibility index (Phi) is 7.81. The van der Waals surface area contributed by atoms with Crippen LogP contribution in [0.4, 0.5) is 8.78 Å². The number of rotatable bonds is 11. The number of hydrogen-bond donors (Lipinski definition) is 0. The summed E-state index contributed by atoms with van der Waals surface area (Å²) in [5.74, 6) is 1.65. The van der Waals surface area contributed by atoms with Gasteiger partial charge in [-0.1, -0.05) is 18.2 Å².